The van der Waals surface area contributed by atoms with E-state index in [1.807, 2.05) is 0 Å². The maximum Gasteiger partial charge on any atom is 0.416 e. The molecule has 0 bridgehead atoms. The maximum atomic E-state index is 13.7. The number of aliphatic hydroxyl groups is 1. The van der Waals surface area contributed by atoms with Gasteiger partial charge in [0.15, 0.2) is 0 Å². The van der Waals surface area contributed by atoms with E-state index >= 15 is 0 Å². The molecule has 0 atom stereocenters. The molecule has 0 radical (unpaired) electrons. The Morgan fingerprint density at radius 1 is 1.03 bits per heavy atom. The lowest BCUT2D eigenvalue weighted by atomic mass is 10.1. The molecule has 2 N–H and O–H groups in total. The fourth-order valence-electron chi connectivity index (χ4n) is 2.86. The van der Waals surface area contributed by atoms with Gasteiger partial charge in [-0.05, 0) is 35.9 Å². The van der Waals surface area contributed by atoms with Crippen LogP contribution in [0.4, 0.5) is 17.6 Å². The second kappa shape index (κ2) is 7.42. The first-order valence-electron chi connectivity index (χ1n) is 8.19. The van der Waals surface area contributed by atoms with Gasteiger partial charge in [-0.25, -0.2) is 9.18 Å². The van der Waals surface area contributed by atoms with Crippen LogP contribution in [0.2, 0.25) is 0 Å². The first-order valence-corrected chi connectivity index (χ1v) is 8.19. The molecule has 0 spiro atoms. The molecule has 5 nitrogen and oxygen atoms in total. The molecule has 0 aliphatic heterocycles. The van der Waals surface area contributed by atoms with E-state index in [0.29, 0.717) is 17.2 Å². The highest BCUT2D eigenvalue weighted by molar-refractivity contribution is 6.38. The molecular formula is C20H13F4NO4. The van der Waals surface area contributed by atoms with Crippen LogP contribution in [0.1, 0.15) is 16.7 Å². The van der Waals surface area contributed by atoms with Crippen LogP contribution in [0.3, 0.4) is 0 Å². The number of nitrogens with zero attached hydrogens (tertiary/aromatic N) is 1. The molecule has 0 saturated carbocycles. The molecule has 0 amide bonds. The Hall–Kier alpha value is -3.62. The number of hydrogen-bond donors (Lipinski definition) is 2. The van der Waals surface area contributed by atoms with Gasteiger partial charge in [-0.1, -0.05) is 12.1 Å². The van der Waals surface area contributed by atoms with Crippen molar-refractivity contribution < 1.29 is 37.4 Å². The summed E-state index contributed by atoms with van der Waals surface area (Å²) in [5.41, 5.74) is 0.162. The SMILES string of the molecule is O=C(O)C(=O)/C=C(/O)c1cn(Cc2ccc(C(F)(F)F)cc2)c2ccc(F)cc12. The summed E-state index contributed by atoms with van der Waals surface area (Å²) < 4.78 is 53.3. The van der Waals surface area contributed by atoms with E-state index in [2.05, 4.69) is 0 Å². The van der Waals surface area contributed by atoms with Crippen molar-refractivity contribution in [2.45, 2.75) is 12.7 Å². The molecule has 2 aromatic carbocycles. The van der Waals surface area contributed by atoms with Crippen LogP contribution in [-0.4, -0.2) is 26.5 Å². The van der Waals surface area contributed by atoms with Crippen molar-refractivity contribution in [1.29, 1.82) is 0 Å². The lowest BCUT2D eigenvalue weighted by Gasteiger charge is -2.09. The van der Waals surface area contributed by atoms with Crippen molar-refractivity contribution in [3.05, 3.63) is 77.2 Å². The highest BCUT2D eigenvalue weighted by atomic mass is 19.4. The fourth-order valence-corrected chi connectivity index (χ4v) is 2.86. The highest BCUT2D eigenvalue weighted by Gasteiger charge is 2.30. The van der Waals surface area contributed by atoms with Crippen molar-refractivity contribution in [2.75, 3.05) is 0 Å². The lowest BCUT2D eigenvalue weighted by molar-refractivity contribution is -0.146. The zero-order chi connectivity index (χ0) is 21.3. The summed E-state index contributed by atoms with van der Waals surface area (Å²) in [6.07, 6.45) is -2.59. The summed E-state index contributed by atoms with van der Waals surface area (Å²) in [6.45, 7) is 0.0976. The standard InChI is InChI=1S/C20H13F4NO4/c21-13-5-6-16-14(7-13)15(17(26)8-18(27)19(28)29)10-25(16)9-11-1-3-12(4-2-11)20(22,23)24/h1-8,10,26H,9H2,(H,28,29)/b17-8+. The summed E-state index contributed by atoms with van der Waals surface area (Å²) >= 11 is 0. The number of benzene rings is 2. The number of carboxylic acids is 1. The van der Waals surface area contributed by atoms with Crippen molar-refractivity contribution in [1.82, 2.24) is 4.57 Å². The predicted octanol–water partition coefficient (Wildman–Crippen LogP) is 4.40. The number of hydrogen-bond acceptors (Lipinski definition) is 3. The van der Waals surface area contributed by atoms with Crippen LogP contribution in [0.15, 0.2) is 54.7 Å². The van der Waals surface area contributed by atoms with Gasteiger partial charge < -0.3 is 14.8 Å². The Morgan fingerprint density at radius 2 is 1.69 bits per heavy atom. The smallest absolute Gasteiger partial charge is 0.416 e. The minimum atomic E-state index is -4.46. The van der Waals surface area contributed by atoms with Gasteiger partial charge >= 0.3 is 12.1 Å². The molecule has 1 aromatic heterocycles. The summed E-state index contributed by atoms with van der Waals surface area (Å²) in [7, 11) is 0. The minimum Gasteiger partial charge on any atom is -0.507 e. The second-order valence-electron chi connectivity index (χ2n) is 6.23. The number of aliphatic hydroxyl groups excluding tert-OH is 1. The zero-order valence-electron chi connectivity index (χ0n) is 14.6. The highest BCUT2D eigenvalue weighted by Crippen LogP contribution is 2.30. The third-order valence-corrected chi connectivity index (χ3v) is 4.23. The Bertz CT molecular complexity index is 1130. The van der Waals surface area contributed by atoms with Crippen LogP contribution in [0.5, 0.6) is 0 Å². The molecule has 1 heterocycles. The third-order valence-electron chi connectivity index (χ3n) is 4.23. The molecule has 3 rings (SSSR count). The van der Waals surface area contributed by atoms with Crippen LogP contribution in [0.25, 0.3) is 16.7 Å². The number of carbonyl (C=O) groups excluding carboxylic acids is 1. The normalized spacial score (nSPS) is 12.3. The van der Waals surface area contributed by atoms with Gasteiger partial charge in [0.2, 0.25) is 0 Å². The molecular weight excluding hydrogens is 394 g/mol. The van der Waals surface area contributed by atoms with Gasteiger partial charge in [-0.3, -0.25) is 4.79 Å². The predicted molar refractivity (Wildman–Crippen MR) is 95.7 cm³/mol. The van der Waals surface area contributed by atoms with Gasteiger partial charge in [-0.15, -0.1) is 0 Å². The van der Waals surface area contributed by atoms with Gasteiger partial charge in [0, 0.05) is 35.3 Å². The molecule has 0 fully saturated rings. The molecule has 9 heteroatoms. The van der Waals surface area contributed by atoms with Crippen molar-refractivity contribution in [2.24, 2.45) is 0 Å². The molecule has 0 unspecified atom stereocenters. The zero-order valence-corrected chi connectivity index (χ0v) is 14.6. The average molecular weight is 407 g/mol. The maximum absolute atomic E-state index is 13.7. The van der Waals surface area contributed by atoms with Gasteiger partial charge in [0.1, 0.15) is 11.6 Å². The van der Waals surface area contributed by atoms with Crippen LogP contribution < -0.4 is 0 Å². The summed E-state index contributed by atoms with van der Waals surface area (Å²) in [5, 5.41) is 19.0. The number of aromatic nitrogens is 1. The van der Waals surface area contributed by atoms with E-state index in [1.54, 1.807) is 4.57 Å². The van der Waals surface area contributed by atoms with E-state index in [1.165, 1.54) is 30.5 Å². The Morgan fingerprint density at radius 3 is 2.28 bits per heavy atom. The first kappa shape index (κ1) is 20.1. The van der Waals surface area contributed by atoms with Crippen LogP contribution in [0, 0.1) is 5.82 Å². The van der Waals surface area contributed by atoms with Crippen LogP contribution in [-0.2, 0) is 22.3 Å². The van der Waals surface area contributed by atoms with Gasteiger partial charge in [0.05, 0.1) is 5.56 Å². The van der Waals surface area contributed by atoms with Crippen LogP contribution >= 0.6 is 0 Å². The number of carboxylic acid groups (broad SMARTS) is 1. The topological polar surface area (TPSA) is 79.5 Å². The molecule has 0 saturated heterocycles. The molecule has 29 heavy (non-hydrogen) atoms. The number of alkyl halides is 3. The lowest BCUT2D eigenvalue weighted by Crippen LogP contribution is -2.09. The quantitative estimate of drug-likeness (QED) is 0.284. The molecule has 0 aliphatic carbocycles. The number of ketones is 1. The van der Waals surface area contributed by atoms with Crippen molar-refractivity contribution >= 4 is 28.4 Å². The Kier molecular flexibility index (Phi) is 5.15. The minimum absolute atomic E-state index is 0.0148. The second-order valence-corrected chi connectivity index (χ2v) is 6.23. The van der Waals surface area contributed by atoms with Crippen molar-refractivity contribution in [3.8, 4) is 0 Å². The van der Waals surface area contributed by atoms with E-state index in [9.17, 15) is 32.3 Å². The average Bonchev–Trinajstić information content (AvgIpc) is 2.99. The Labute approximate surface area is 161 Å². The van der Waals surface area contributed by atoms with E-state index in [4.69, 9.17) is 5.11 Å². The number of fused-ring (bicyclic) bond motifs is 1. The number of halogens is 4. The van der Waals surface area contributed by atoms with E-state index in [0.717, 1.165) is 18.2 Å². The summed E-state index contributed by atoms with van der Waals surface area (Å²) in [4.78, 5) is 22.0. The number of rotatable bonds is 5. The molecule has 3 aromatic rings. The van der Waals surface area contributed by atoms with Gasteiger partial charge in [0.25, 0.3) is 5.78 Å². The molecule has 150 valence electrons. The van der Waals surface area contributed by atoms with Crippen molar-refractivity contribution in [3.63, 3.8) is 0 Å². The molecule has 0 aliphatic rings. The van der Waals surface area contributed by atoms with E-state index < -0.39 is 35.1 Å². The summed E-state index contributed by atoms with van der Waals surface area (Å²) in [6, 6.07) is 8.13. The summed E-state index contributed by atoms with van der Waals surface area (Å²) in [5.74, 6) is -4.42. The largest absolute Gasteiger partial charge is 0.507 e. The van der Waals surface area contributed by atoms with E-state index in [-0.39, 0.29) is 17.5 Å². The fraction of sp³-hybridized carbons (Fsp3) is 0.100. The first-order chi connectivity index (χ1) is 13.6. The number of carbonyl (C=O) groups is 2. The number of aliphatic carboxylic acids is 1. The Balaban J connectivity index is 2.03. The van der Waals surface area contributed by atoms with Gasteiger partial charge in [-0.2, -0.15) is 13.2 Å². The third kappa shape index (κ3) is 4.29. The monoisotopic (exact) mass is 407 g/mol.